The number of fused-ring (bicyclic) bond motifs is 1. The Balaban J connectivity index is 1.74. The van der Waals surface area contributed by atoms with E-state index < -0.39 is 22.7 Å². The fraction of sp³-hybridized carbons (Fsp3) is 0.294. The van der Waals surface area contributed by atoms with Gasteiger partial charge in [-0.05, 0) is 35.7 Å². The first-order valence-electron chi connectivity index (χ1n) is 7.55. The van der Waals surface area contributed by atoms with Gasteiger partial charge in [0.2, 0.25) is 0 Å². The molecule has 1 N–H and O–H groups in total. The predicted molar refractivity (Wildman–Crippen MR) is 83.4 cm³/mol. The molecule has 2 aromatic rings. The Bertz CT molecular complexity index is 782. The first-order valence-corrected chi connectivity index (χ1v) is 7.55. The molecule has 24 heavy (non-hydrogen) atoms. The minimum atomic E-state index is -1.17. The Labute approximate surface area is 137 Å². The molecule has 0 radical (unpaired) electrons. The third-order valence-corrected chi connectivity index (χ3v) is 4.24. The smallest absolute Gasteiger partial charge is 0.269 e. The maximum atomic E-state index is 13.7. The molecule has 5 nitrogen and oxygen atoms in total. The first-order chi connectivity index (χ1) is 11.4. The number of nitro benzene ring substituents is 1. The summed E-state index contributed by atoms with van der Waals surface area (Å²) in [6, 6.07) is 7.73. The van der Waals surface area contributed by atoms with Gasteiger partial charge in [0.1, 0.15) is 11.6 Å². The highest BCUT2D eigenvalue weighted by molar-refractivity contribution is 5.41. The third kappa shape index (κ3) is 3.42. The lowest BCUT2D eigenvalue weighted by Gasteiger charge is -2.30. The molecule has 3 rings (SSSR count). The van der Waals surface area contributed by atoms with Crippen LogP contribution in [-0.2, 0) is 13.0 Å². The minimum absolute atomic E-state index is 0.0207. The van der Waals surface area contributed by atoms with Gasteiger partial charge in [-0.3, -0.25) is 15.0 Å². The minimum Gasteiger partial charge on any atom is -0.387 e. The molecular weight excluding hydrogens is 318 g/mol. The van der Waals surface area contributed by atoms with Gasteiger partial charge < -0.3 is 5.11 Å². The Kier molecular flexibility index (Phi) is 4.55. The van der Waals surface area contributed by atoms with Crippen LogP contribution in [0.2, 0.25) is 0 Å². The molecule has 1 aliphatic heterocycles. The standard InChI is InChI=1S/C17H16F2N2O3/c18-13-2-4-16(19)15(8-13)17(22)10-20-6-5-11-1-3-14(21(23)24)7-12(11)9-20/h1-4,7-8,17,22H,5-6,9-10H2. The number of benzene rings is 2. The number of hydrogen-bond acceptors (Lipinski definition) is 4. The quantitative estimate of drug-likeness (QED) is 0.689. The van der Waals surface area contributed by atoms with Crippen molar-refractivity contribution in [1.82, 2.24) is 4.90 Å². The summed E-state index contributed by atoms with van der Waals surface area (Å²) in [5.41, 5.74) is 1.79. The second-order valence-electron chi connectivity index (χ2n) is 5.88. The fourth-order valence-corrected chi connectivity index (χ4v) is 2.98. The van der Waals surface area contributed by atoms with Gasteiger partial charge in [-0.2, -0.15) is 0 Å². The summed E-state index contributed by atoms with van der Waals surface area (Å²) in [4.78, 5) is 12.3. The zero-order chi connectivity index (χ0) is 17.3. The Morgan fingerprint density at radius 3 is 2.75 bits per heavy atom. The SMILES string of the molecule is O=[N+]([O-])c1ccc2c(c1)CN(CC(O)c1cc(F)ccc1F)CC2. The van der Waals surface area contributed by atoms with Crippen molar-refractivity contribution in [3.05, 3.63) is 74.8 Å². The van der Waals surface area contributed by atoms with Crippen LogP contribution in [0.3, 0.4) is 0 Å². The van der Waals surface area contributed by atoms with Gasteiger partial charge in [0.05, 0.1) is 11.0 Å². The van der Waals surface area contributed by atoms with Gasteiger partial charge in [-0.25, -0.2) is 8.78 Å². The summed E-state index contributed by atoms with van der Waals surface area (Å²) in [6.45, 7) is 1.19. The predicted octanol–water partition coefficient (Wildman–Crippen LogP) is 2.96. The summed E-state index contributed by atoms with van der Waals surface area (Å²) >= 11 is 0. The molecule has 0 saturated heterocycles. The first kappa shape index (κ1) is 16.5. The van der Waals surface area contributed by atoms with Gasteiger partial charge in [0.15, 0.2) is 0 Å². The molecule has 0 aliphatic carbocycles. The monoisotopic (exact) mass is 334 g/mol. The van der Waals surface area contributed by atoms with Gasteiger partial charge in [-0.15, -0.1) is 0 Å². The largest absolute Gasteiger partial charge is 0.387 e. The van der Waals surface area contributed by atoms with Gasteiger partial charge in [0.25, 0.3) is 5.69 Å². The highest BCUT2D eigenvalue weighted by Gasteiger charge is 2.23. The molecule has 0 saturated carbocycles. The number of aliphatic hydroxyl groups excluding tert-OH is 1. The molecule has 7 heteroatoms. The number of halogens is 2. The van der Waals surface area contributed by atoms with E-state index in [-0.39, 0.29) is 17.8 Å². The van der Waals surface area contributed by atoms with E-state index in [9.17, 15) is 24.0 Å². The van der Waals surface area contributed by atoms with Crippen molar-refractivity contribution >= 4 is 5.69 Å². The van der Waals surface area contributed by atoms with Crippen molar-refractivity contribution in [2.45, 2.75) is 19.1 Å². The van der Waals surface area contributed by atoms with Gasteiger partial charge >= 0.3 is 0 Å². The van der Waals surface area contributed by atoms with E-state index in [1.165, 1.54) is 12.1 Å². The van der Waals surface area contributed by atoms with Crippen LogP contribution in [-0.4, -0.2) is 28.0 Å². The van der Waals surface area contributed by atoms with Crippen LogP contribution < -0.4 is 0 Å². The number of aliphatic hydroxyl groups is 1. The van der Waals surface area contributed by atoms with Crippen molar-refractivity contribution in [3.8, 4) is 0 Å². The number of β-amino-alcohol motifs (C(OH)–C–C–N with tert-alkyl or cyclic N) is 1. The normalized spacial score (nSPS) is 15.8. The van der Waals surface area contributed by atoms with E-state index >= 15 is 0 Å². The van der Waals surface area contributed by atoms with E-state index in [4.69, 9.17) is 0 Å². The Morgan fingerprint density at radius 1 is 1.21 bits per heavy atom. The summed E-state index contributed by atoms with van der Waals surface area (Å²) in [7, 11) is 0. The van der Waals surface area contributed by atoms with Crippen molar-refractivity contribution < 1.29 is 18.8 Å². The van der Waals surface area contributed by atoms with Gasteiger partial charge in [0, 0.05) is 37.3 Å². The van der Waals surface area contributed by atoms with Crippen molar-refractivity contribution in [1.29, 1.82) is 0 Å². The average molecular weight is 334 g/mol. The molecule has 1 heterocycles. The number of nitrogens with zero attached hydrogens (tertiary/aromatic N) is 2. The number of non-ortho nitro benzene ring substituents is 1. The number of nitro groups is 1. The lowest BCUT2D eigenvalue weighted by Crippen LogP contribution is -2.34. The highest BCUT2D eigenvalue weighted by atomic mass is 19.1. The summed E-state index contributed by atoms with van der Waals surface area (Å²) in [5, 5.41) is 21.1. The lowest BCUT2D eigenvalue weighted by molar-refractivity contribution is -0.385. The molecule has 1 atom stereocenters. The Hall–Kier alpha value is -2.38. The molecule has 126 valence electrons. The molecular formula is C17H16F2N2O3. The van der Waals surface area contributed by atoms with E-state index in [0.29, 0.717) is 19.5 Å². The summed E-state index contributed by atoms with van der Waals surface area (Å²) in [6.07, 6.45) is -0.480. The zero-order valence-electron chi connectivity index (χ0n) is 12.8. The Morgan fingerprint density at radius 2 is 2.00 bits per heavy atom. The van der Waals surface area contributed by atoms with Crippen molar-refractivity contribution in [2.75, 3.05) is 13.1 Å². The number of hydrogen-bond donors (Lipinski definition) is 1. The average Bonchev–Trinajstić information content (AvgIpc) is 2.56. The highest BCUT2D eigenvalue weighted by Crippen LogP contribution is 2.26. The van der Waals surface area contributed by atoms with Crippen LogP contribution in [0, 0.1) is 21.7 Å². The second-order valence-corrected chi connectivity index (χ2v) is 5.88. The van der Waals surface area contributed by atoms with Crippen LogP contribution in [0.5, 0.6) is 0 Å². The summed E-state index contributed by atoms with van der Waals surface area (Å²) < 4.78 is 27.0. The molecule has 0 fully saturated rings. The maximum Gasteiger partial charge on any atom is 0.269 e. The fourth-order valence-electron chi connectivity index (χ4n) is 2.98. The van der Waals surface area contributed by atoms with E-state index in [2.05, 4.69) is 0 Å². The van der Waals surface area contributed by atoms with Crippen LogP contribution in [0.15, 0.2) is 36.4 Å². The van der Waals surface area contributed by atoms with Crippen LogP contribution in [0.25, 0.3) is 0 Å². The molecule has 0 amide bonds. The van der Waals surface area contributed by atoms with Crippen LogP contribution in [0.1, 0.15) is 22.8 Å². The zero-order valence-corrected chi connectivity index (χ0v) is 12.8. The topological polar surface area (TPSA) is 66.6 Å². The van der Waals surface area contributed by atoms with E-state index in [1.54, 1.807) is 6.07 Å². The molecule has 1 aliphatic rings. The number of rotatable bonds is 4. The van der Waals surface area contributed by atoms with Crippen molar-refractivity contribution in [3.63, 3.8) is 0 Å². The molecule has 0 bridgehead atoms. The molecule has 2 aromatic carbocycles. The van der Waals surface area contributed by atoms with Crippen LogP contribution >= 0.6 is 0 Å². The maximum absolute atomic E-state index is 13.7. The van der Waals surface area contributed by atoms with Crippen molar-refractivity contribution in [2.24, 2.45) is 0 Å². The second kappa shape index (κ2) is 6.62. The van der Waals surface area contributed by atoms with E-state index in [1.807, 2.05) is 4.90 Å². The lowest BCUT2D eigenvalue weighted by atomic mass is 9.98. The summed E-state index contributed by atoms with van der Waals surface area (Å²) in [5.74, 6) is -1.26. The van der Waals surface area contributed by atoms with Crippen LogP contribution in [0.4, 0.5) is 14.5 Å². The van der Waals surface area contributed by atoms with Gasteiger partial charge in [-0.1, -0.05) is 6.07 Å². The molecule has 1 unspecified atom stereocenters. The molecule has 0 aromatic heterocycles. The third-order valence-electron chi connectivity index (χ3n) is 4.24. The van der Waals surface area contributed by atoms with E-state index in [0.717, 1.165) is 29.3 Å². The molecule has 0 spiro atoms.